The number of unbranched alkanes of at least 4 members (excludes halogenated alkanes) is 1. The molecule has 116 valence electrons. The smallest absolute Gasteiger partial charge is 0.0359 e. The van der Waals surface area contributed by atoms with Gasteiger partial charge in [0.05, 0.1) is 0 Å². The van der Waals surface area contributed by atoms with E-state index in [2.05, 4.69) is 64.0 Å². The first-order valence-electron chi connectivity index (χ1n) is 7.02. The van der Waals surface area contributed by atoms with Crippen molar-refractivity contribution in [2.75, 3.05) is 26.2 Å². The molecule has 1 heterocycles. The largest absolute Gasteiger partial charge is 0.314 e. The molecule has 2 nitrogen and oxygen atoms in total. The molecule has 1 N–H and O–H groups in total. The van der Waals surface area contributed by atoms with Crippen LogP contribution in [0.4, 0.5) is 0 Å². The molecule has 20 heavy (non-hydrogen) atoms. The second-order valence-electron chi connectivity index (χ2n) is 4.97. The maximum absolute atomic E-state index is 3.45. The fraction of sp³-hybridized carbons (Fsp3) is 0.600. The van der Waals surface area contributed by atoms with Crippen LogP contribution in [0.2, 0.25) is 0 Å². The Morgan fingerprint density at radius 3 is 2.45 bits per heavy atom. The maximum atomic E-state index is 3.45. The van der Waals surface area contributed by atoms with E-state index in [0.717, 1.165) is 13.1 Å². The zero-order chi connectivity index (χ0) is 12.8. The van der Waals surface area contributed by atoms with Crippen molar-refractivity contribution in [3.8, 4) is 0 Å². The molecule has 0 saturated carbocycles. The number of halogens is 3. The van der Waals surface area contributed by atoms with Crippen LogP contribution < -0.4 is 5.32 Å². The van der Waals surface area contributed by atoms with Gasteiger partial charge in [-0.25, -0.2) is 0 Å². The molecular formula is C15H25Cl2IN2. The molecule has 1 aromatic rings. The van der Waals surface area contributed by atoms with Gasteiger partial charge in [0.2, 0.25) is 0 Å². The van der Waals surface area contributed by atoms with Crippen LogP contribution in [0.1, 0.15) is 37.8 Å². The van der Waals surface area contributed by atoms with Crippen LogP contribution in [0.25, 0.3) is 0 Å². The van der Waals surface area contributed by atoms with Crippen LogP contribution in [-0.2, 0) is 0 Å². The van der Waals surface area contributed by atoms with E-state index in [9.17, 15) is 0 Å². The van der Waals surface area contributed by atoms with Crippen LogP contribution in [-0.4, -0.2) is 31.1 Å². The van der Waals surface area contributed by atoms with Crippen molar-refractivity contribution in [2.24, 2.45) is 0 Å². The van der Waals surface area contributed by atoms with Gasteiger partial charge in [-0.3, -0.25) is 4.90 Å². The predicted octanol–water partition coefficient (Wildman–Crippen LogP) is 4.27. The van der Waals surface area contributed by atoms with E-state index in [1.807, 2.05) is 0 Å². The molecule has 2 rings (SSSR count). The SMILES string of the molecule is CCCC[C@H](c1ccccc1I)N1CCNCC1.Cl.Cl. The number of nitrogens with one attached hydrogen (secondary N) is 1. The van der Waals surface area contributed by atoms with Gasteiger partial charge < -0.3 is 5.32 Å². The normalized spacial score (nSPS) is 16.9. The third kappa shape index (κ3) is 5.68. The Kier molecular flexibility index (Phi) is 11.3. The number of benzene rings is 1. The molecule has 1 aliphatic heterocycles. The van der Waals surface area contributed by atoms with Gasteiger partial charge in [0.1, 0.15) is 0 Å². The molecule has 0 unspecified atom stereocenters. The van der Waals surface area contributed by atoms with E-state index in [0.29, 0.717) is 6.04 Å². The second-order valence-corrected chi connectivity index (χ2v) is 6.13. The predicted molar refractivity (Wildman–Crippen MR) is 100 cm³/mol. The molecule has 1 aromatic carbocycles. The van der Waals surface area contributed by atoms with Crippen molar-refractivity contribution in [2.45, 2.75) is 32.2 Å². The molecule has 5 heteroatoms. The van der Waals surface area contributed by atoms with E-state index in [4.69, 9.17) is 0 Å². The van der Waals surface area contributed by atoms with Crippen molar-refractivity contribution in [1.82, 2.24) is 10.2 Å². The maximum Gasteiger partial charge on any atom is 0.0359 e. The molecule has 1 aliphatic rings. The lowest BCUT2D eigenvalue weighted by Crippen LogP contribution is -2.45. The number of nitrogens with zero attached hydrogens (tertiary/aromatic N) is 1. The van der Waals surface area contributed by atoms with Gasteiger partial charge in [-0.05, 0) is 40.6 Å². The number of rotatable bonds is 5. The Balaban J connectivity index is 0.00000180. The van der Waals surface area contributed by atoms with Crippen LogP contribution in [0.3, 0.4) is 0 Å². The molecule has 0 spiro atoms. The van der Waals surface area contributed by atoms with Crippen molar-refractivity contribution in [3.63, 3.8) is 0 Å². The minimum Gasteiger partial charge on any atom is -0.314 e. The van der Waals surface area contributed by atoms with Crippen LogP contribution in [0, 0.1) is 3.57 Å². The average Bonchev–Trinajstić information content (AvgIpc) is 2.42. The molecular weight excluding hydrogens is 406 g/mol. The third-order valence-electron chi connectivity index (χ3n) is 3.69. The topological polar surface area (TPSA) is 15.3 Å². The first-order valence-corrected chi connectivity index (χ1v) is 8.10. The first-order chi connectivity index (χ1) is 8.83. The fourth-order valence-electron chi connectivity index (χ4n) is 2.67. The Bertz CT molecular complexity index is 371. The third-order valence-corrected chi connectivity index (χ3v) is 4.67. The van der Waals surface area contributed by atoms with Gasteiger partial charge in [-0.15, -0.1) is 24.8 Å². The van der Waals surface area contributed by atoms with E-state index in [1.54, 1.807) is 0 Å². The first kappa shape index (κ1) is 20.5. The highest BCUT2D eigenvalue weighted by Crippen LogP contribution is 2.29. The molecule has 0 amide bonds. The van der Waals surface area contributed by atoms with E-state index in [-0.39, 0.29) is 24.8 Å². The Labute approximate surface area is 149 Å². The van der Waals surface area contributed by atoms with Gasteiger partial charge in [0, 0.05) is 35.8 Å². The monoisotopic (exact) mass is 430 g/mol. The molecule has 0 radical (unpaired) electrons. The second kappa shape index (κ2) is 11.1. The summed E-state index contributed by atoms with van der Waals surface area (Å²) in [5.74, 6) is 0. The van der Waals surface area contributed by atoms with Crippen molar-refractivity contribution in [3.05, 3.63) is 33.4 Å². The van der Waals surface area contributed by atoms with E-state index >= 15 is 0 Å². The summed E-state index contributed by atoms with van der Waals surface area (Å²) in [6, 6.07) is 9.47. The summed E-state index contributed by atoms with van der Waals surface area (Å²) in [5, 5.41) is 3.45. The van der Waals surface area contributed by atoms with Gasteiger partial charge in [-0.2, -0.15) is 0 Å². The lowest BCUT2D eigenvalue weighted by molar-refractivity contribution is 0.162. The molecule has 1 atom stereocenters. The van der Waals surface area contributed by atoms with E-state index in [1.165, 1.54) is 41.5 Å². The van der Waals surface area contributed by atoms with Crippen LogP contribution in [0.15, 0.2) is 24.3 Å². The summed E-state index contributed by atoms with van der Waals surface area (Å²) in [5.41, 5.74) is 1.52. The highest BCUT2D eigenvalue weighted by molar-refractivity contribution is 14.1. The van der Waals surface area contributed by atoms with E-state index < -0.39 is 0 Å². The molecule has 0 aliphatic carbocycles. The molecule has 1 saturated heterocycles. The number of hydrogen-bond donors (Lipinski definition) is 1. The summed E-state index contributed by atoms with van der Waals surface area (Å²) in [6.07, 6.45) is 3.89. The summed E-state index contributed by atoms with van der Waals surface area (Å²) < 4.78 is 1.41. The van der Waals surface area contributed by atoms with Gasteiger partial charge >= 0.3 is 0 Å². The fourth-order valence-corrected chi connectivity index (χ4v) is 3.42. The Morgan fingerprint density at radius 2 is 1.85 bits per heavy atom. The highest BCUT2D eigenvalue weighted by atomic mass is 127. The van der Waals surface area contributed by atoms with Gasteiger partial charge in [0.15, 0.2) is 0 Å². The van der Waals surface area contributed by atoms with Gasteiger partial charge in [0.25, 0.3) is 0 Å². The Morgan fingerprint density at radius 1 is 1.20 bits per heavy atom. The summed E-state index contributed by atoms with van der Waals surface area (Å²) >= 11 is 2.48. The lowest BCUT2D eigenvalue weighted by Gasteiger charge is -2.35. The van der Waals surface area contributed by atoms with Gasteiger partial charge in [-0.1, -0.05) is 38.0 Å². The summed E-state index contributed by atoms with van der Waals surface area (Å²) in [4.78, 5) is 2.66. The molecule has 0 aromatic heterocycles. The zero-order valence-electron chi connectivity index (χ0n) is 12.0. The Hall–Kier alpha value is 0.450. The molecule has 1 fully saturated rings. The van der Waals surface area contributed by atoms with Crippen molar-refractivity contribution >= 4 is 47.4 Å². The zero-order valence-corrected chi connectivity index (χ0v) is 15.8. The minimum absolute atomic E-state index is 0. The highest BCUT2D eigenvalue weighted by Gasteiger charge is 2.22. The summed E-state index contributed by atoms with van der Waals surface area (Å²) in [7, 11) is 0. The van der Waals surface area contributed by atoms with Crippen LogP contribution >= 0.6 is 47.4 Å². The van der Waals surface area contributed by atoms with Crippen LogP contribution in [0.5, 0.6) is 0 Å². The average molecular weight is 431 g/mol. The van der Waals surface area contributed by atoms with Crippen molar-refractivity contribution < 1.29 is 0 Å². The summed E-state index contributed by atoms with van der Waals surface area (Å²) in [6.45, 7) is 6.90. The lowest BCUT2D eigenvalue weighted by atomic mass is 9.99. The minimum atomic E-state index is 0. The molecule has 0 bridgehead atoms. The quantitative estimate of drug-likeness (QED) is 0.701. The van der Waals surface area contributed by atoms with Crippen molar-refractivity contribution in [1.29, 1.82) is 0 Å². The standard InChI is InChI=1S/C15H23IN2.2ClH/c1-2-3-8-15(18-11-9-17-10-12-18)13-6-4-5-7-14(13)16;;/h4-7,15,17H,2-3,8-12H2,1H3;2*1H/t15-;;/m1../s1. The number of piperazine rings is 1. The number of hydrogen-bond acceptors (Lipinski definition) is 2.